The van der Waals surface area contributed by atoms with Crippen LogP contribution in [-0.2, 0) is 16.0 Å². The summed E-state index contributed by atoms with van der Waals surface area (Å²) in [6.45, 7) is 4.60. The van der Waals surface area contributed by atoms with Gasteiger partial charge in [0.05, 0.1) is 18.7 Å². The Morgan fingerprint density at radius 2 is 1.95 bits per heavy atom. The molecule has 0 aliphatic heterocycles. The fourth-order valence-corrected chi connectivity index (χ4v) is 1.83. The molecule has 0 aliphatic rings. The predicted octanol–water partition coefficient (Wildman–Crippen LogP) is 1.34. The molecule has 0 saturated heterocycles. The summed E-state index contributed by atoms with van der Waals surface area (Å²) in [5, 5.41) is 2.95. The SMILES string of the molecule is COCC(NC(=O)[C@H](N)Cc1ccccc1)C(C)C. The molecule has 4 heteroatoms. The Morgan fingerprint density at radius 1 is 1.32 bits per heavy atom. The van der Waals surface area contributed by atoms with E-state index in [0.717, 1.165) is 5.56 Å². The largest absolute Gasteiger partial charge is 0.383 e. The van der Waals surface area contributed by atoms with E-state index in [9.17, 15) is 4.79 Å². The number of methoxy groups -OCH3 is 1. The van der Waals surface area contributed by atoms with Crippen molar-refractivity contribution < 1.29 is 9.53 Å². The highest BCUT2D eigenvalue weighted by atomic mass is 16.5. The molecule has 0 aliphatic carbocycles. The van der Waals surface area contributed by atoms with Crippen LogP contribution in [0.15, 0.2) is 30.3 Å². The number of carbonyl (C=O) groups excluding carboxylic acids is 1. The van der Waals surface area contributed by atoms with E-state index < -0.39 is 6.04 Å². The Hall–Kier alpha value is -1.39. The monoisotopic (exact) mass is 264 g/mol. The van der Waals surface area contributed by atoms with Crippen LogP contribution >= 0.6 is 0 Å². The molecule has 3 N–H and O–H groups in total. The maximum atomic E-state index is 12.0. The Kier molecular flexibility index (Phi) is 6.53. The minimum atomic E-state index is -0.527. The number of amides is 1. The standard InChI is InChI=1S/C15H24N2O2/c1-11(2)14(10-19-3)17-15(18)13(16)9-12-7-5-4-6-8-12/h4-8,11,13-14H,9-10,16H2,1-3H3,(H,17,18)/t13-,14?/m1/s1. The number of ether oxygens (including phenoxy) is 1. The average Bonchev–Trinajstić information content (AvgIpc) is 2.39. The van der Waals surface area contributed by atoms with Gasteiger partial charge in [-0.25, -0.2) is 0 Å². The third-order valence-electron chi connectivity index (χ3n) is 3.11. The highest BCUT2D eigenvalue weighted by Gasteiger charge is 2.20. The van der Waals surface area contributed by atoms with Crippen molar-refractivity contribution in [3.8, 4) is 0 Å². The lowest BCUT2D eigenvalue weighted by Gasteiger charge is -2.23. The van der Waals surface area contributed by atoms with Gasteiger partial charge in [0.25, 0.3) is 0 Å². The lowest BCUT2D eigenvalue weighted by atomic mass is 10.0. The first-order valence-corrected chi connectivity index (χ1v) is 6.63. The molecule has 0 saturated carbocycles. The van der Waals surface area contributed by atoms with Crippen molar-refractivity contribution in [2.75, 3.05) is 13.7 Å². The zero-order chi connectivity index (χ0) is 14.3. The first-order valence-electron chi connectivity index (χ1n) is 6.63. The summed E-state index contributed by atoms with van der Waals surface area (Å²) in [7, 11) is 1.63. The topological polar surface area (TPSA) is 64.3 Å². The maximum absolute atomic E-state index is 12.0. The molecule has 2 atom stereocenters. The fourth-order valence-electron chi connectivity index (χ4n) is 1.83. The number of carbonyl (C=O) groups is 1. The summed E-state index contributed by atoms with van der Waals surface area (Å²) < 4.78 is 5.11. The second kappa shape index (κ2) is 7.92. The molecule has 1 aromatic carbocycles. The van der Waals surface area contributed by atoms with Gasteiger partial charge in [0.2, 0.25) is 5.91 Å². The molecule has 0 bridgehead atoms. The summed E-state index contributed by atoms with van der Waals surface area (Å²) in [6, 6.07) is 9.26. The lowest BCUT2D eigenvalue weighted by Crippen LogP contribution is -2.49. The van der Waals surface area contributed by atoms with Gasteiger partial charge in [-0.15, -0.1) is 0 Å². The maximum Gasteiger partial charge on any atom is 0.237 e. The van der Waals surface area contributed by atoms with Gasteiger partial charge in [-0.1, -0.05) is 44.2 Å². The Bertz CT molecular complexity index is 379. The van der Waals surface area contributed by atoms with Crippen LogP contribution in [0.5, 0.6) is 0 Å². The van der Waals surface area contributed by atoms with Crippen LogP contribution in [0.3, 0.4) is 0 Å². The molecule has 0 aromatic heterocycles. The van der Waals surface area contributed by atoms with E-state index >= 15 is 0 Å². The van der Waals surface area contributed by atoms with Gasteiger partial charge >= 0.3 is 0 Å². The summed E-state index contributed by atoms with van der Waals surface area (Å²) >= 11 is 0. The van der Waals surface area contributed by atoms with Crippen molar-refractivity contribution >= 4 is 5.91 Å². The van der Waals surface area contributed by atoms with E-state index in [0.29, 0.717) is 18.9 Å². The van der Waals surface area contributed by atoms with Crippen molar-refractivity contribution in [2.24, 2.45) is 11.7 Å². The predicted molar refractivity (Wildman–Crippen MR) is 76.8 cm³/mol. The molecular weight excluding hydrogens is 240 g/mol. The summed E-state index contributed by atoms with van der Waals surface area (Å²) in [5.74, 6) is 0.187. The molecule has 1 amide bonds. The second-order valence-electron chi connectivity index (χ2n) is 5.11. The van der Waals surface area contributed by atoms with Crippen molar-refractivity contribution in [3.05, 3.63) is 35.9 Å². The van der Waals surface area contributed by atoms with Gasteiger partial charge in [0.1, 0.15) is 0 Å². The van der Waals surface area contributed by atoms with Crippen LogP contribution in [0, 0.1) is 5.92 Å². The second-order valence-corrected chi connectivity index (χ2v) is 5.11. The van der Waals surface area contributed by atoms with Gasteiger partial charge in [0, 0.05) is 7.11 Å². The van der Waals surface area contributed by atoms with Crippen molar-refractivity contribution in [3.63, 3.8) is 0 Å². The quantitative estimate of drug-likeness (QED) is 0.781. The molecule has 1 aromatic rings. The smallest absolute Gasteiger partial charge is 0.237 e. The first kappa shape index (κ1) is 15.7. The third-order valence-corrected chi connectivity index (χ3v) is 3.11. The highest BCUT2D eigenvalue weighted by Crippen LogP contribution is 2.05. The van der Waals surface area contributed by atoms with E-state index in [4.69, 9.17) is 10.5 Å². The van der Waals surface area contributed by atoms with Gasteiger partial charge in [-0.2, -0.15) is 0 Å². The summed E-state index contributed by atoms with van der Waals surface area (Å²) in [5.41, 5.74) is 7.01. The van der Waals surface area contributed by atoms with Gasteiger partial charge in [-0.3, -0.25) is 4.79 Å². The molecule has 0 heterocycles. The van der Waals surface area contributed by atoms with E-state index in [2.05, 4.69) is 5.32 Å². The summed E-state index contributed by atoms with van der Waals surface area (Å²) in [4.78, 5) is 12.0. The van der Waals surface area contributed by atoms with Crippen LogP contribution in [0.4, 0.5) is 0 Å². The zero-order valence-electron chi connectivity index (χ0n) is 11.9. The Balaban J connectivity index is 2.52. The normalized spacial score (nSPS) is 14.2. The molecule has 0 fully saturated rings. The Labute approximate surface area is 115 Å². The van der Waals surface area contributed by atoms with Crippen molar-refractivity contribution in [2.45, 2.75) is 32.4 Å². The third kappa shape index (κ3) is 5.41. The van der Waals surface area contributed by atoms with E-state index in [1.165, 1.54) is 0 Å². The zero-order valence-corrected chi connectivity index (χ0v) is 11.9. The van der Waals surface area contributed by atoms with Crippen LogP contribution in [0.2, 0.25) is 0 Å². The van der Waals surface area contributed by atoms with Crippen LogP contribution < -0.4 is 11.1 Å². The van der Waals surface area contributed by atoms with E-state index in [1.54, 1.807) is 7.11 Å². The lowest BCUT2D eigenvalue weighted by molar-refractivity contribution is -0.123. The van der Waals surface area contributed by atoms with Gasteiger partial charge in [0.15, 0.2) is 0 Å². The van der Waals surface area contributed by atoms with Crippen molar-refractivity contribution in [1.29, 1.82) is 0 Å². The van der Waals surface area contributed by atoms with Gasteiger partial charge in [-0.05, 0) is 17.9 Å². The summed E-state index contributed by atoms with van der Waals surface area (Å²) in [6.07, 6.45) is 0.546. The van der Waals surface area contributed by atoms with Crippen molar-refractivity contribution in [1.82, 2.24) is 5.32 Å². The number of rotatable bonds is 7. The molecule has 106 valence electrons. The number of hydrogen-bond acceptors (Lipinski definition) is 3. The van der Waals surface area contributed by atoms with E-state index in [-0.39, 0.29) is 11.9 Å². The number of hydrogen-bond donors (Lipinski definition) is 2. The Morgan fingerprint density at radius 3 is 2.47 bits per heavy atom. The van der Waals surface area contributed by atoms with Crippen LogP contribution in [-0.4, -0.2) is 31.7 Å². The highest BCUT2D eigenvalue weighted by molar-refractivity contribution is 5.82. The minimum Gasteiger partial charge on any atom is -0.383 e. The van der Waals surface area contributed by atoms with Crippen LogP contribution in [0.1, 0.15) is 19.4 Å². The number of nitrogens with two attached hydrogens (primary N) is 1. The molecular formula is C15H24N2O2. The van der Waals surface area contributed by atoms with Crippen LogP contribution in [0.25, 0.3) is 0 Å². The minimum absolute atomic E-state index is 0.000627. The average molecular weight is 264 g/mol. The molecule has 19 heavy (non-hydrogen) atoms. The molecule has 0 spiro atoms. The molecule has 4 nitrogen and oxygen atoms in total. The molecule has 1 rings (SSSR count). The number of benzene rings is 1. The van der Waals surface area contributed by atoms with Gasteiger partial charge < -0.3 is 15.8 Å². The first-order chi connectivity index (χ1) is 9.04. The fraction of sp³-hybridized carbons (Fsp3) is 0.533. The molecule has 0 radical (unpaired) electrons. The molecule has 1 unspecified atom stereocenters. The number of nitrogens with one attached hydrogen (secondary N) is 1. The van der Waals surface area contributed by atoms with E-state index in [1.807, 2.05) is 44.2 Å².